The Morgan fingerprint density at radius 3 is 2.66 bits per heavy atom. The Morgan fingerprint density at radius 2 is 1.94 bits per heavy atom. The monoisotopic (exact) mass is 435 g/mol. The number of rotatable bonds is 4. The molecular formula is C22H22FN7O2. The highest BCUT2D eigenvalue weighted by molar-refractivity contribution is 5.89. The molecule has 4 heterocycles. The number of para-hydroxylation sites is 1. The number of nitrogens with zero attached hydrogens (tertiary/aromatic N) is 6. The highest BCUT2D eigenvalue weighted by Gasteiger charge is 2.19. The van der Waals surface area contributed by atoms with E-state index in [9.17, 15) is 9.18 Å². The van der Waals surface area contributed by atoms with Crippen LogP contribution in [0.15, 0.2) is 47.4 Å². The van der Waals surface area contributed by atoms with Crippen LogP contribution in [-0.2, 0) is 0 Å². The Kier molecular flexibility index (Phi) is 5.06. The lowest BCUT2D eigenvalue weighted by molar-refractivity contribution is 0.312. The van der Waals surface area contributed by atoms with Gasteiger partial charge in [0.05, 0.1) is 12.6 Å². The van der Waals surface area contributed by atoms with Crippen LogP contribution >= 0.6 is 0 Å². The molecule has 0 atom stereocenters. The molecular weight excluding hydrogens is 413 g/mol. The van der Waals surface area contributed by atoms with Crippen LogP contribution < -0.4 is 15.2 Å². The zero-order valence-electron chi connectivity index (χ0n) is 17.7. The number of nitrogens with one attached hydrogen (secondary N) is 1. The van der Waals surface area contributed by atoms with Crippen molar-refractivity contribution in [2.45, 2.75) is 0 Å². The van der Waals surface area contributed by atoms with Gasteiger partial charge in [0.1, 0.15) is 28.5 Å². The second-order valence-electron chi connectivity index (χ2n) is 7.71. The summed E-state index contributed by atoms with van der Waals surface area (Å²) < 4.78 is 20.8. The Morgan fingerprint density at radius 1 is 1.12 bits per heavy atom. The van der Waals surface area contributed by atoms with E-state index in [1.807, 2.05) is 12.1 Å². The fourth-order valence-electron chi connectivity index (χ4n) is 3.86. The predicted octanol–water partition coefficient (Wildman–Crippen LogP) is 2.07. The largest absolute Gasteiger partial charge is 0.494 e. The van der Waals surface area contributed by atoms with Crippen molar-refractivity contribution in [3.8, 4) is 22.7 Å². The molecule has 32 heavy (non-hydrogen) atoms. The lowest BCUT2D eigenvalue weighted by Gasteiger charge is -2.33. The quantitative estimate of drug-likeness (QED) is 0.525. The second-order valence-corrected chi connectivity index (χ2v) is 7.71. The summed E-state index contributed by atoms with van der Waals surface area (Å²) in [5.41, 5.74) is 1.62. The van der Waals surface area contributed by atoms with Crippen molar-refractivity contribution in [1.82, 2.24) is 29.9 Å². The molecule has 0 amide bonds. The molecule has 4 aromatic rings. The van der Waals surface area contributed by atoms with Gasteiger partial charge in [0.15, 0.2) is 5.82 Å². The minimum atomic E-state index is -0.610. The van der Waals surface area contributed by atoms with Crippen LogP contribution in [0.4, 0.5) is 10.2 Å². The topological polar surface area (TPSA) is 92.2 Å². The van der Waals surface area contributed by atoms with Crippen molar-refractivity contribution in [3.63, 3.8) is 0 Å². The van der Waals surface area contributed by atoms with Gasteiger partial charge in [-0.2, -0.15) is 14.9 Å². The Balaban J connectivity index is 1.55. The van der Waals surface area contributed by atoms with Crippen molar-refractivity contribution < 1.29 is 9.13 Å². The minimum absolute atomic E-state index is 0.0439. The summed E-state index contributed by atoms with van der Waals surface area (Å²) in [4.78, 5) is 21.8. The van der Waals surface area contributed by atoms with Crippen molar-refractivity contribution in [2.75, 3.05) is 45.2 Å². The van der Waals surface area contributed by atoms with E-state index in [1.165, 1.54) is 25.3 Å². The van der Waals surface area contributed by atoms with E-state index in [2.05, 4.69) is 37.1 Å². The fraction of sp³-hybridized carbons (Fsp3) is 0.273. The minimum Gasteiger partial charge on any atom is -0.494 e. The number of H-pyrrole nitrogens is 1. The maximum absolute atomic E-state index is 14.6. The van der Waals surface area contributed by atoms with Gasteiger partial charge in [0.2, 0.25) is 0 Å². The average Bonchev–Trinajstić information content (AvgIpc) is 3.21. The summed E-state index contributed by atoms with van der Waals surface area (Å²) in [6.45, 7) is 3.84. The highest BCUT2D eigenvalue weighted by Crippen LogP contribution is 2.27. The van der Waals surface area contributed by atoms with Crippen molar-refractivity contribution in [2.24, 2.45) is 0 Å². The summed E-state index contributed by atoms with van der Waals surface area (Å²) >= 11 is 0. The number of aromatic amines is 1. The summed E-state index contributed by atoms with van der Waals surface area (Å²) in [5, 5.41) is 11.6. The van der Waals surface area contributed by atoms with Gasteiger partial charge in [0.25, 0.3) is 5.56 Å². The lowest BCUT2D eigenvalue weighted by Crippen LogP contribution is -2.44. The first kappa shape index (κ1) is 20.1. The number of likely N-dealkylation sites (N-methyl/N-ethyl adjacent to an activating group) is 1. The number of pyridine rings is 1. The number of halogens is 1. The van der Waals surface area contributed by atoms with Crippen LogP contribution in [0.3, 0.4) is 0 Å². The molecule has 0 spiro atoms. The maximum Gasteiger partial charge on any atom is 0.273 e. The molecule has 9 nitrogen and oxygen atoms in total. The van der Waals surface area contributed by atoms with Crippen LogP contribution in [0.2, 0.25) is 0 Å². The molecule has 0 radical (unpaired) electrons. The van der Waals surface area contributed by atoms with E-state index < -0.39 is 11.4 Å². The van der Waals surface area contributed by atoms with Gasteiger partial charge in [-0.15, -0.1) is 0 Å². The molecule has 0 bridgehead atoms. The number of anilines is 1. The summed E-state index contributed by atoms with van der Waals surface area (Å²) in [6, 6.07) is 9.57. The summed E-state index contributed by atoms with van der Waals surface area (Å²) in [5.74, 6) is 0.506. The number of benzene rings is 1. The van der Waals surface area contributed by atoms with E-state index >= 15 is 0 Å². The van der Waals surface area contributed by atoms with Gasteiger partial charge in [0, 0.05) is 44.0 Å². The molecule has 1 fully saturated rings. The van der Waals surface area contributed by atoms with E-state index in [0.717, 1.165) is 42.2 Å². The zero-order chi connectivity index (χ0) is 22.2. The first-order valence-corrected chi connectivity index (χ1v) is 10.3. The molecule has 3 aromatic heterocycles. The number of ether oxygens (including phenoxy) is 1. The number of aromatic nitrogens is 5. The van der Waals surface area contributed by atoms with E-state index in [-0.39, 0.29) is 11.4 Å². The molecule has 1 aliphatic rings. The number of piperazine rings is 1. The summed E-state index contributed by atoms with van der Waals surface area (Å²) in [7, 11) is 3.53. The van der Waals surface area contributed by atoms with Crippen LogP contribution in [0.25, 0.3) is 28.0 Å². The van der Waals surface area contributed by atoms with Gasteiger partial charge in [-0.3, -0.25) is 9.89 Å². The van der Waals surface area contributed by atoms with Crippen LogP contribution in [0.1, 0.15) is 0 Å². The van der Waals surface area contributed by atoms with Crippen molar-refractivity contribution in [3.05, 3.63) is 58.8 Å². The standard InChI is InChI=1S/C22H22FN7O2/c1-28-8-10-29(11-9-28)18-7-6-14(13-24-18)20-21-16(25-26-20)12-19(31)30(27-21)22-15(23)4-3-5-17(22)32-2/h3-7,12-13,25H,8-11H2,1-2H3. The molecule has 0 unspecified atom stereocenters. The smallest absolute Gasteiger partial charge is 0.273 e. The van der Waals surface area contributed by atoms with Gasteiger partial charge < -0.3 is 14.5 Å². The third-order valence-corrected chi connectivity index (χ3v) is 5.67. The maximum atomic E-state index is 14.6. The Bertz CT molecular complexity index is 1320. The Labute approximate surface area is 183 Å². The highest BCUT2D eigenvalue weighted by atomic mass is 19.1. The molecule has 164 valence electrons. The number of hydrogen-bond acceptors (Lipinski definition) is 7. The molecule has 5 rings (SSSR count). The van der Waals surface area contributed by atoms with Crippen molar-refractivity contribution >= 4 is 16.9 Å². The number of hydrogen-bond donors (Lipinski definition) is 1. The lowest BCUT2D eigenvalue weighted by atomic mass is 10.2. The zero-order valence-corrected chi connectivity index (χ0v) is 17.7. The molecule has 1 saturated heterocycles. The van der Waals surface area contributed by atoms with Gasteiger partial charge in [-0.05, 0) is 31.3 Å². The summed E-state index contributed by atoms with van der Waals surface area (Å²) in [6.07, 6.45) is 1.74. The van der Waals surface area contributed by atoms with Gasteiger partial charge in [-0.25, -0.2) is 9.37 Å². The molecule has 1 N–H and O–H groups in total. The first-order chi connectivity index (χ1) is 15.5. The van der Waals surface area contributed by atoms with Crippen LogP contribution in [0, 0.1) is 5.82 Å². The van der Waals surface area contributed by atoms with E-state index in [0.29, 0.717) is 16.7 Å². The molecule has 1 aliphatic heterocycles. The van der Waals surface area contributed by atoms with Crippen molar-refractivity contribution in [1.29, 1.82) is 0 Å². The average molecular weight is 435 g/mol. The second kappa shape index (κ2) is 8.04. The van der Waals surface area contributed by atoms with E-state index in [4.69, 9.17) is 4.74 Å². The predicted molar refractivity (Wildman–Crippen MR) is 119 cm³/mol. The first-order valence-electron chi connectivity index (χ1n) is 10.3. The molecule has 1 aromatic carbocycles. The van der Waals surface area contributed by atoms with Gasteiger partial charge in [-0.1, -0.05) is 6.07 Å². The molecule has 10 heteroatoms. The molecule has 0 aliphatic carbocycles. The van der Waals surface area contributed by atoms with Crippen LogP contribution in [0.5, 0.6) is 5.75 Å². The van der Waals surface area contributed by atoms with E-state index in [1.54, 1.807) is 12.3 Å². The number of fused-ring (bicyclic) bond motifs is 1. The van der Waals surface area contributed by atoms with Crippen LogP contribution in [-0.4, -0.2) is 70.2 Å². The third kappa shape index (κ3) is 3.48. The molecule has 0 saturated carbocycles. The fourth-order valence-corrected chi connectivity index (χ4v) is 3.86. The normalized spacial score (nSPS) is 14.8. The number of methoxy groups -OCH3 is 1. The Hall–Kier alpha value is -3.79. The SMILES string of the molecule is COc1cccc(F)c1-n1nc2c(-c3ccc(N4CCN(C)CC4)nc3)n[nH]c2cc1=O. The van der Waals surface area contributed by atoms with Gasteiger partial charge >= 0.3 is 0 Å². The third-order valence-electron chi connectivity index (χ3n) is 5.67.